The molecule has 0 unspecified atom stereocenters. The Morgan fingerprint density at radius 1 is 0.676 bits per heavy atom. The van der Waals surface area contributed by atoms with E-state index in [2.05, 4.69) is 0 Å². The summed E-state index contributed by atoms with van der Waals surface area (Å²) in [4.78, 5) is 13.1. The summed E-state index contributed by atoms with van der Waals surface area (Å²) >= 11 is 12.9. The molecule has 0 aliphatic carbocycles. The molecule has 0 amide bonds. The molecule has 0 fully saturated rings. The number of carbonyl (C=O) groups is 1. The normalized spacial score (nSPS) is 12.0. The Morgan fingerprint density at radius 2 is 1.09 bits per heavy atom. The maximum absolute atomic E-state index is 12.6. The van der Waals surface area contributed by atoms with Gasteiger partial charge in [0.1, 0.15) is 5.78 Å². The van der Waals surface area contributed by atoms with Crippen LogP contribution in [0.3, 0.4) is 0 Å². The van der Waals surface area contributed by atoms with Gasteiger partial charge < -0.3 is 0 Å². The van der Waals surface area contributed by atoms with E-state index >= 15 is 0 Å². The lowest BCUT2D eigenvalue weighted by Gasteiger charge is -2.11. The molecule has 0 spiro atoms. The summed E-state index contributed by atoms with van der Waals surface area (Å²) < 4.78 is 47.9. The molecule has 0 heterocycles. The van der Waals surface area contributed by atoms with Gasteiger partial charge in [-0.15, -0.1) is 0 Å². The third-order valence-corrected chi connectivity index (χ3v) is 9.55. The zero-order valence-electron chi connectivity index (χ0n) is 18.7. The van der Waals surface area contributed by atoms with Crippen LogP contribution in [0.2, 0.25) is 10.0 Å². The van der Waals surface area contributed by atoms with Gasteiger partial charge >= 0.3 is 0 Å². The summed E-state index contributed by atoms with van der Waals surface area (Å²) in [7, 11) is -6.59. The fraction of sp³-hybridized carbons (Fsp3) is 0.240. The lowest BCUT2D eigenvalue weighted by Crippen LogP contribution is -2.08. The summed E-state index contributed by atoms with van der Waals surface area (Å²) in [5, 5.41) is 0.714. The number of hydrogen-bond donors (Lipinski definition) is 0. The van der Waals surface area contributed by atoms with Gasteiger partial charge in [0.2, 0.25) is 0 Å². The average Bonchev–Trinajstić information content (AvgIpc) is 2.79. The van der Waals surface area contributed by atoms with E-state index in [1.165, 1.54) is 24.3 Å². The fourth-order valence-electron chi connectivity index (χ4n) is 3.50. The van der Waals surface area contributed by atoms with Crippen LogP contribution in [-0.4, -0.2) is 34.1 Å². The summed E-state index contributed by atoms with van der Waals surface area (Å²) in [5.74, 6) is -0.0382. The average molecular weight is 540 g/mol. The Labute approximate surface area is 210 Å². The minimum atomic E-state index is -3.31. The molecule has 0 aliphatic heterocycles. The topological polar surface area (TPSA) is 85.3 Å². The highest BCUT2D eigenvalue weighted by Gasteiger charge is 2.16. The van der Waals surface area contributed by atoms with E-state index in [1.54, 1.807) is 50.2 Å². The monoisotopic (exact) mass is 538 g/mol. The molecule has 180 valence electrons. The van der Waals surface area contributed by atoms with E-state index in [9.17, 15) is 21.6 Å². The number of benzene rings is 3. The zero-order valence-corrected chi connectivity index (χ0v) is 21.9. The SMILES string of the molecule is CCS(=O)(=O)c1ccc(CC(=O)Cc2cc(Cl)c(-c3ccc(S(=O)(=O)CC)cc3)c(Cl)c2)cc1. The van der Waals surface area contributed by atoms with E-state index in [4.69, 9.17) is 23.2 Å². The number of carbonyl (C=O) groups excluding carboxylic acids is 1. The lowest BCUT2D eigenvalue weighted by atomic mass is 9.99. The molecule has 0 radical (unpaired) electrons. The molecule has 0 aromatic heterocycles. The Bertz CT molecular complexity index is 1390. The van der Waals surface area contributed by atoms with Crippen LogP contribution in [0.5, 0.6) is 0 Å². The highest BCUT2D eigenvalue weighted by molar-refractivity contribution is 7.91. The second-order valence-corrected chi connectivity index (χ2v) is 13.2. The van der Waals surface area contributed by atoms with Crippen LogP contribution in [0.1, 0.15) is 25.0 Å². The van der Waals surface area contributed by atoms with Gasteiger partial charge in [0, 0.05) is 18.4 Å². The second kappa shape index (κ2) is 10.6. The number of sulfone groups is 2. The van der Waals surface area contributed by atoms with Crippen molar-refractivity contribution in [1.82, 2.24) is 0 Å². The Hall–Kier alpha value is -2.19. The van der Waals surface area contributed by atoms with Crippen molar-refractivity contribution in [1.29, 1.82) is 0 Å². The Morgan fingerprint density at radius 3 is 1.53 bits per heavy atom. The van der Waals surface area contributed by atoms with Gasteiger partial charge in [0.05, 0.1) is 31.3 Å². The van der Waals surface area contributed by atoms with Crippen molar-refractivity contribution < 1.29 is 21.6 Å². The molecule has 5 nitrogen and oxygen atoms in total. The summed E-state index contributed by atoms with van der Waals surface area (Å²) in [6.45, 7) is 3.17. The van der Waals surface area contributed by atoms with E-state index in [0.717, 1.165) is 5.56 Å². The van der Waals surface area contributed by atoms with Gasteiger partial charge in [-0.2, -0.15) is 0 Å². The molecular formula is C25H24Cl2O5S2. The van der Waals surface area contributed by atoms with Gasteiger partial charge in [-0.1, -0.05) is 61.3 Å². The Balaban J connectivity index is 1.75. The van der Waals surface area contributed by atoms with Crippen molar-refractivity contribution >= 4 is 48.7 Å². The minimum absolute atomic E-state index is 0.0125. The number of ketones is 1. The van der Waals surface area contributed by atoms with Crippen molar-refractivity contribution in [2.45, 2.75) is 36.5 Å². The fourth-order valence-corrected chi connectivity index (χ4v) is 6.02. The molecule has 9 heteroatoms. The van der Waals surface area contributed by atoms with Crippen LogP contribution in [0.4, 0.5) is 0 Å². The van der Waals surface area contributed by atoms with Gasteiger partial charge in [-0.25, -0.2) is 16.8 Å². The Kier molecular flexibility index (Phi) is 8.24. The van der Waals surface area contributed by atoms with Crippen LogP contribution < -0.4 is 0 Å². The van der Waals surface area contributed by atoms with E-state index in [0.29, 0.717) is 26.7 Å². The molecule has 0 N–H and O–H groups in total. The maximum atomic E-state index is 12.6. The third kappa shape index (κ3) is 6.08. The largest absolute Gasteiger partial charge is 0.299 e. The van der Waals surface area contributed by atoms with E-state index in [1.807, 2.05) is 0 Å². The third-order valence-electron chi connectivity index (χ3n) is 5.45. The highest BCUT2D eigenvalue weighted by atomic mass is 35.5. The first kappa shape index (κ1) is 26.4. The van der Waals surface area contributed by atoms with Gasteiger partial charge in [-0.05, 0) is 53.1 Å². The molecule has 34 heavy (non-hydrogen) atoms. The van der Waals surface area contributed by atoms with Crippen LogP contribution in [-0.2, 0) is 37.3 Å². The molecule has 3 rings (SSSR count). The molecule has 0 bridgehead atoms. The molecule has 3 aromatic carbocycles. The molecule has 0 saturated heterocycles. The quantitative estimate of drug-likeness (QED) is 0.353. The molecule has 3 aromatic rings. The van der Waals surface area contributed by atoms with Crippen molar-refractivity contribution in [3.8, 4) is 11.1 Å². The first-order chi connectivity index (χ1) is 16.0. The van der Waals surface area contributed by atoms with E-state index < -0.39 is 19.7 Å². The van der Waals surface area contributed by atoms with Crippen LogP contribution in [0.25, 0.3) is 11.1 Å². The van der Waals surface area contributed by atoms with Crippen molar-refractivity contribution in [3.05, 3.63) is 81.8 Å². The van der Waals surface area contributed by atoms with Crippen LogP contribution >= 0.6 is 23.2 Å². The lowest BCUT2D eigenvalue weighted by molar-refractivity contribution is -0.117. The predicted molar refractivity (Wildman–Crippen MR) is 136 cm³/mol. The first-order valence-corrected chi connectivity index (χ1v) is 14.7. The molecular weight excluding hydrogens is 515 g/mol. The maximum Gasteiger partial charge on any atom is 0.178 e. The molecule has 0 saturated carbocycles. The predicted octanol–water partition coefficient (Wildman–Crippen LogP) is 5.60. The number of rotatable bonds is 9. The van der Waals surface area contributed by atoms with E-state index in [-0.39, 0.29) is 39.9 Å². The summed E-state index contributed by atoms with van der Waals surface area (Å²) in [6.07, 6.45) is 0.263. The van der Waals surface area contributed by atoms with Crippen LogP contribution in [0.15, 0.2) is 70.5 Å². The van der Waals surface area contributed by atoms with Gasteiger partial charge in [0.25, 0.3) is 0 Å². The number of halogens is 2. The molecule has 0 aliphatic rings. The summed E-state index contributed by atoms with van der Waals surface area (Å²) in [6, 6.07) is 16.0. The second-order valence-electron chi connectivity index (χ2n) is 7.80. The summed E-state index contributed by atoms with van der Waals surface area (Å²) in [5.41, 5.74) is 2.60. The minimum Gasteiger partial charge on any atom is -0.299 e. The van der Waals surface area contributed by atoms with Crippen LogP contribution in [0, 0.1) is 0 Å². The number of Topliss-reactive ketones (excluding diaryl/α,β-unsaturated/α-hetero) is 1. The van der Waals surface area contributed by atoms with Crippen molar-refractivity contribution in [2.75, 3.05) is 11.5 Å². The standard InChI is InChI=1S/C25H24Cl2O5S2/c1-3-33(29,30)21-9-5-17(6-10-21)13-20(28)14-18-15-23(26)25(24(27)16-18)19-7-11-22(12-8-19)34(31,32)4-2/h5-12,15-16H,3-4,13-14H2,1-2H3. The van der Waals surface area contributed by atoms with Gasteiger partial charge in [-0.3, -0.25) is 4.79 Å². The zero-order chi connectivity index (χ0) is 25.1. The first-order valence-electron chi connectivity index (χ1n) is 10.6. The van der Waals surface area contributed by atoms with Crippen molar-refractivity contribution in [3.63, 3.8) is 0 Å². The van der Waals surface area contributed by atoms with Crippen molar-refractivity contribution in [2.24, 2.45) is 0 Å². The van der Waals surface area contributed by atoms with Gasteiger partial charge in [0.15, 0.2) is 19.7 Å². The smallest absolute Gasteiger partial charge is 0.178 e. The molecule has 0 atom stereocenters. The number of hydrogen-bond acceptors (Lipinski definition) is 5. The highest BCUT2D eigenvalue weighted by Crippen LogP contribution is 2.36.